The molecule has 0 radical (unpaired) electrons. The van der Waals surface area contributed by atoms with Crippen LogP contribution in [0.2, 0.25) is 0 Å². The molecule has 1 aromatic rings. The van der Waals surface area contributed by atoms with E-state index in [1.165, 1.54) is 6.42 Å². The number of carbonyl (C=O) groups excluding carboxylic acids is 2. The third-order valence-electron chi connectivity index (χ3n) is 3.75. The normalized spacial score (nSPS) is 16.4. The predicted octanol–water partition coefficient (Wildman–Crippen LogP) is 1.09. The molecule has 4 N–H and O–H groups in total. The Morgan fingerprint density at radius 1 is 1.39 bits per heavy atom. The molecule has 1 unspecified atom stereocenters. The summed E-state index contributed by atoms with van der Waals surface area (Å²) in [5.41, 5.74) is 5.60. The molecule has 1 aromatic carbocycles. The van der Waals surface area contributed by atoms with Gasteiger partial charge in [-0.05, 0) is 50.0 Å². The van der Waals surface area contributed by atoms with E-state index >= 15 is 0 Å². The number of carbonyl (C=O) groups is 2. The van der Waals surface area contributed by atoms with Crippen LogP contribution in [-0.2, 0) is 4.79 Å². The maximum atomic E-state index is 11.7. The highest BCUT2D eigenvalue weighted by Crippen LogP contribution is 2.13. The SMILES string of the molecule is Cl.NC(=O)c1cccc(OCCC(=O)NCCC2CCNC2)c1. The molecule has 1 saturated heterocycles. The number of rotatable bonds is 8. The second-order valence-corrected chi connectivity index (χ2v) is 5.49. The summed E-state index contributed by atoms with van der Waals surface area (Å²) in [5, 5.41) is 6.21. The van der Waals surface area contributed by atoms with E-state index in [1.54, 1.807) is 24.3 Å². The summed E-state index contributed by atoms with van der Waals surface area (Å²) < 4.78 is 5.47. The van der Waals surface area contributed by atoms with Gasteiger partial charge in [-0.3, -0.25) is 9.59 Å². The molecule has 1 aliphatic heterocycles. The van der Waals surface area contributed by atoms with Crippen molar-refractivity contribution in [2.24, 2.45) is 11.7 Å². The summed E-state index contributed by atoms with van der Waals surface area (Å²) in [6.07, 6.45) is 2.50. The molecule has 6 nitrogen and oxygen atoms in total. The van der Waals surface area contributed by atoms with Gasteiger partial charge in [-0.15, -0.1) is 12.4 Å². The summed E-state index contributed by atoms with van der Waals surface area (Å²) in [6.45, 7) is 3.12. The zero-order chi connectivity index (χ0) is 15.8. The Morgan fingerprint density at radius 2 is 2.22 bits per heavy atom. The standard InChI is InChI=1S/C16H23N3O3.ClH/c17-16(21)13-2-1-3-14(10-13)22-9-6-15(20)19-8-5-12-4-7-18-11-12;/h1-3,10,12,18H,4-9,11H2,(H2,17,21)(H,19,20);1H. The van der Waals surface area contributed by atoms with Crippen molar-refractivity contribution < 1.29 is 14.3 Å². The second-order valence-electron chi connectivity index (χ2n) is 5.49. The van der Waals surface area contributed by atoms with E-state index in [0.29, 0.717) is 30.2 Å². The minimum absolute atomic E-state index is 0. The Labute approximate surface area is 142 Å². The van der Waals surface area contributed by atoms with E-state index in [4.69, 9.17) is 10.5 Å². The van der Waals surface area contributed by atoms with Gasteiger partial charge >= 0.3 is 0 Å². The van der Waals surface area contributed by atoms with Crippen molar-refractivity contribution in [1.29, 1.82) is 0 Å². The smallest absolute Gasteiger partial charge is 0.248 e. The third-order valence-corrected chi connectivity index (χ3v) is 3.75. The van der Waals surface area contributed by atoms with Crippen molar-refractivity contribution in [2.45, 2.75) is 19.3 Å². The van der Waals surface area contributed by atoms with Gasteiger partial charge in [0.15, 0.2) is 0 Å². The first-order chi connectivity index (χ1) is 10.6. The summed E-state index contributed by atoms with van der Waals surface area (Å²) in [7, 11) is 0. The first-order valence-electron chi connectivity index (χ1n) is 7.65. The van der Waals surface area contributed by atoms with Crippen LogP contribution < -0.4 is 21.1 Å². The van der Waals surface area contributed by atoms with Gasteiger partial charge in [0.1, 0.15) is 5.75 Å². The molecule has 0 saturated carbocycles. The highest BCUT2D eigenvalue weighted by Gasteiger charge is 2.14. The molecule has 1 aliphatic rings. The average molecular weight is 342 g/mol. The van der Waals surface area contributed by atoms with E-state index in [2.05, 4.69) is 10.6 Å². The van der Waals surface area contributed by atoms with Gasteiger partial charge in [-0.25, -0.2) is 0 Å². The molecular formula is C16H24ClN3O3. The van der Waals surface area contributed by atoms with Gasteiger partial charge in [-0.1, -0.05) is 6.07 Å². The maximum Gasteiger partial charge on any atom is 0.248 e. The van der Waals surface area contributed by atoms with E-state index in [1.807, 2.05) is 0 Å². The van der Waals surface area contributed by atoms with Crippen molar-refractivity contribution in [3.05, 3.63) is 29.8 Å². The predicted molar refractivity (Wildman–Crippen MR) is 90.9 cm³/mol. The lowest BCUT2D eigenvalue weighted by atomic mass is 10.1. The fourth-order valence-electron chi connectivity index (χ4n) is 2.47. The summed E-state index contributed by atoms with van der Waals surface area (Å²) in [6, 6.07) is 6.63. The lowest BCUT2D eigenvalue weighted by Gasteiger charge is -2.10. The monoisotopic (exact) mass is 341 g/mol. The van der Waals surface area contributed by atoms with Gasteiger partial charge in [-0.2, -0.15) is 0 Å². The fourth-order valence-corrected chi connectivity index (χ4v) is 2.47. The summed E-state index contributed by atoms with van der Waals surface area (Å²) >= 11 is 0. The van der Waals surface area contributed by atoms with Gasteiger partial charge in [0, 0.05) is 12.1 Å². The first-order valence-corrected chi connectivity index (χ1v) is 7.65. The lowest BCUT2D eigenvalue weighted by molar-refractivity contribution is -0.121. The molecule has 1 heterocycles. The molecule has 2 rings (SSSR count). The summed E-state index contributed by atoms with van der Waals surface area (Å²) in [5.74, 6) is 0.704. The van der Waals surface area contributed by atoms with Crippen LogP contribution in [0, 0.1) is 5.92 Å². The van der Waals surface area contributed by atoms with Crippen molar-refractivity contribution in [3.8, 4) is 5.75 Å². The van der Waals surface area contributed by atoms with Crippen LogP contribution in [0.3, 0.4) is 0 Å². The highest BCUT2D eigenvalue weighted by atomic mass is 35.5. The average Bonchev–Trinajstić information content (AvgIpc) is 3.01. The lowest BCUT2D eigenvalue weighted by Crippen LogP contribution is -2.27. The Kier molecular flexibility index (Phi) is 8.43. The number of nitrogens with two attached hydrogens (primary N) is 1. The Bertz CT molecular complexity index is 519. The van der Waals surface area contributed by atoms with Gasteiger partial charge in [0.25, 0.3) is 0 Å². The molecule has 128 valence electrons. The Morgan fingerprint density at radius 3 is 2.91 bits per heavy atom. The number of hydrogen-bond donors (Lipinski definition) is 3. The number of amides is 2. The molecule has 2 amide bonds. The van der Waals surface area contributed by atoms with Crippen LogP contribution in [-0.4, -0.2) is 38.1 Å². The third kappa shape index (κ3) is 6.88. The van der Waals surface area contributed by atoms with Crippen molar-refractivity contribution in [1.82, 2.24) is 10.6 Å². The summed E-state index contributed by atoms with van der Waals surface area (Å²) in [4.78, 5) is 22.8. The molecule has 0 spiro atoms. The van der Waals surface area contributed by atoms with Crippen LogP contribution in [0.1, 0.15) is 29.6 Å². The van der Waals surface area contributed by atoms with Gasteiger partial charge < -0.3 is 21.1 Å². The molecule has 1 atom stereocenters. The first kappa shape index (κ1) is 19.3. The minimum Gasteiger partial charge on any atom is -0.493 e. The number of benzene rings is 1. The highest BCUT2D eigenvalue weighted by molar-refractivity contribution is 5.93. The van der Waals surface area contributed by atoms with Crippen molar-refractivity contribution in [3.63, 3.8) is 0 Å². The van der Waals surface area contributed by atoms with Crippen molar-refractivity contribution >= 4 is 24.2 Å². The Balaban J connectivity index is 0.00000264. The number of primary amides is 1. The van der Waals surface area contributed by atoms with E-state index in [0.717, 1.165) is 19.5 Å². The molecular weight excluding hydrogens is 318 g/mol. The van der Waals surface area contributed by atoms with E-state index in [9.17, 15) is 9.59 Å². The van der Waals surface area contributed by atoms with Crippen LogP contribution in [0.25, 0.3) is 0 Å². The molecule has 0 aliphatic carbocycles. The van der Waals surface area contributed by atoms with Crippen LogP contribution in [0.15, 0.2) is 24.3 Å². The van der Waals surface area contributed by atoms with Crippen LogP contribution >= 0.6 is 12.4 Å². The second kappa shape index (κ2) is 10.1. The number of ether oxygens (including phenoxy) is 1. The van der Waals surface area contributed by atoms with Gasteiger partial charge in [0.2, 0.25) is 11.8 Å². The Hall–Kier alpha value is -1.79. The quantitative estimate of drug-likeness (QED) is 0.660. The van der Waals surface area contributed by atoms with E-state index < -0.39 is 5.91 Å². The minimum atomic E-state index is -0.496. The van der Waals surface area contributed by atoms with Crippen LogP contribution in [0.5, 0.6) is 5.75 Å². The molecule has 7 heteroatoms. The molecule has 1 fully saturated rings. The van der Waals surface area contributed by atoms with Crippen LogP contribution in [0.4, 0.5) is 0 Å². The maximum absolute atomic E-state index is 11.7. The number of nitrogens with one attached hydrogen (secondary N) is 2. The van der Waals surface area contributed by atoms with E-state index in [-0.39, 0.29) is 24.9 Å². The zero-order valence-electron chi connectivity index (χ0n) is 13.0. The van der Waals surface area contributed by atoms with Crippen molar-refractivity contribution in [2.75, 3.05) is 26.2 Å². The zero-order valence-corrected chi connectivity index (χ0v) is 13.9. The molecule has 23 heavy (non-hydrogen) atoms. The topological polar surface area (TPSA) is 93.5 Å². The number of halogens is 1. The largest absolute Gasteiger partial charge is 0.493 e. The molecule has 0 bridgehead atoms. The van der Waals surface area contributed by atoms with Gasteiger partial charge in [0.05, 0.1) is 13.0 Å². The molecule has 0 aromatic heterocycles. The number of hydrogen-bond acceptors (Lipinski definition) is 4. The fraction of sp³-hybridized carbons (Fsp3) is 0.500.